The van der Waals surface area contributed by atoms with Crippen LogP contribution in [0.5, 0.6) is 0 Å². The molecule has 1 aromatic rings. The molecule has 0 aliphatic heterocycles. The molecule has 4 heteroatoms. The molecule has 1 atom stereocenters. The molecule has 1 aromatic heterocycles. The van der Waals surface area contributed by atoms with Gasteiger partial charge in [-0.1, -0.05) is 6.92 Å². The summed E-state index contributed by atoms with van der Waals surface area (Å²) in [6, 6.07) is 0. The third-order valence-corrected chi connectivity index (χ3v) is 2.59. The van der Waals surface area contributed by atoms with Crippen LogP contribution in [-0.4, -0.2) is 11.5 Å². The Bertz CT molecular complexity index is 234. The summed E-state index contributed by atoms with van der Waals surface area (Å²) in [5.41, 5.74) is 12.1. The molecule has 0 fully saturated rings. The summed E-state index contributed by atoms with van der Waals surface area (Å²) in [7, 11) is 0. The first-order valence-electron chi connectivity index (χ1n) is 4.12. The van der Waals surface area contributed by atoms with Crippen molar-refractivity contribution in [3.05, 3.63) is 11.1 Å². The van der Waals surface area contributed by atoms with Crippen molar-refractivity contribution in [2.24, 2.45) is 11.7 Å². The Morgan fingerprint density at radius 2 is 2.42 bits per heavy atom. The van der Waals surface area contributed by atoms with Gasteiger partial charge in [0.05, 0.1) is 5.69 Å². The molecule has 0 spiro atoms. The van der Waals surface area contributed by atoms with Gasteiger partial charge in [0.2, 0.25) is 0 Å². The molecular weight excluding hydrogens is 170 g/mol. The number of hydrogen-bond acceptors (Lipinski definition) is 4. The molecule has 1 heterocycles. The number of aromatic nitrogens is 1. The predicted molar refractivity (Wildman–Crippen MR) is 53.1 cm³/mol. The lowest BCUT2D eigenvalue weighted by atomic mass is 10.1. The second-order valence-corrected chi connectivity index (χ2v) is 3.95. The molecule has 0 aromatic carbocycles. The van der Waals surface area contributed by atoms with E-state index >= 15 is 0 Å². The number of anilines is 1. The maximum absolute atomic E-state index is 5.50. The third-order valence-electron chi connectivity index (χ3n) is 1.87. The molecule has 0 aliphatic carbocycles. The van der Waals surface area contributed by atoms with Crippen molar-refractivity contribution in [2.45, 2.75) is 19.8 Å². The lowest BCUT2D eigenvalue weighted by molar-refractivity contribution is 0.542. The van der Waals surface area contributed by atoms with Crippen LogP contribution in [0.3, 0.4) is 0 Å². The summed E-state index contributed by atoms with van der Waals surface area (Å²) >= 11 is 1.50. The zero-order valence-electron chi connectivity index (χ0n) is 7.29. The van der Waals surface area contributed by atoms with E-state index in [1.807, 2.05) is 5.38 Å². The van der Waals surface area contributed by atoms with Gasteiger partial charge in [-0.15, -0.1) is 11.3 Å². The molecule has 1 unspecified atom stereocenters. The van der Waals surface area contributed by atoms with Gasteiger partial charge in [-0.3, -0.25) is 0 Å². The van der Waals surface area contributed by atoms with E-state index in [0.717, 1.165) is 25.1 Å². The van der Waals surface area contributed by atoms with E-state index in [1.54, 1.807) is 0 Å². The lowest BCUT2D eigenvalue weighted by Crippen LogP contribution is -2.11. The highest BCUT2D eigenvalue weighted by Gasteiger charge is 2.02. The number of rotatable bonds is 4. The van der Waals surface area contributed by atoms with Crippen molar-refractivity contribution in [1.29, 1.82) is 0 Å². The van der Waals surface area contributed by atoms with Crippen LogP contribution in [0.15, 0.2) is 5.38 Å². The highest BCUT2D eigenvalue weighted by molar-refractivity contribution is 7.13. The maximum Gasteiger partial charge on any atom is 0.180 e. The molecule has 12 heavy (non-hydrogen) atoms. The van der Waals surface area contributed by atoms with Gasteiger partial charge in [0.25, 0.3) is 0 Å². The molecule has 0 aliphatic rings. The lowest BCUT2D eigenvalue weighted by Gasteiger charge is -2.05. The third kappa shape index (κ3) is 2.79. The number of nitrogens with two attached hydrogens (primary N) is 2. The van der Waals surface area contributed by atoms with Gasteiger partial charge < -0.3 is 11.5 Å². The predicted octanol–water partition coefficient (Wildman–Crippen LogP) is 1.25. The van der Waals surface area contributed by atoms with Gasteiger partial charge in [0, 0.05) is 5.38 Å². The number of nitrogens with zero attached hydrogens (tertiary/aromatic N) is 1. The smallest absolute Gasteiger partial charge is 0.180 e. The summed E-state index contributed by atoms with van der Waals surface area (Å²) in [6.45, 7) is 2.90. The standard InChI is InChI=1S/C8H15N3S/c1-6(4-9)2-3-7-5-12-8(10)11-7/h5-6H,2-4,9H2,1H3,(H2,10,11). The SMILES string of the molecule is CC(CN)CCc1csc(N)n1. The highest BCUT2D eigenvalue weighted by Crippen LogP contribution is 2.14. The molecular formula is C8H15N3S. The van der Waals surface area contributed by atoms with Gasteiger partial charge in [0.15, 0.2) is 5.13 Å². The molecule has 1 rings (SSSR count). The Balaban J connectivity index is 2.33. The molecule has 0 amide bonds. The number of aryl methyl sites for hydroxylation is 1. The van der Waals surface area contributed by atoms with E-state index in [1.165, 1.54) is 11.3 Å². The van der Waals surface area contributed by atoms with E-state index in [-0.39, 0.29) is 0 Å². The van der Waals surface area contributed by atoms with Crippen molar-refractivity contribution in [2.75, 3.05) is 12.3 Å². The normalized spacial score (nSPS) is 13.2. The van der Waals surface area contributed by atoms with Crippen molar-refractivity contribution in [1.82, 2.24) is 4.98 Å². The van der Waals surface area contributed by atoms with Gasteiger partial charge in [-0.05, 0) is 25.3 Å². The zero-order chi connectivity index (χ0) is 8.97. The van der Waals surface area contributed by atoms with Crippen LogP contribution >= 0.6 is 11.3 Å². The second-order valence-electron chi connectivity index (χ2n) is 3.06. The summed E-state index contributed by atoms with van der Waals surface area (Å²) in [5, 5.41) is 2.67. The summed E-state index contributed by atoms with van der Waals surface area (Å²) in [6.07, 6.45) is 2.09. The Morgan fingerprint density at radius 1 is 1.67 bits per heavy atom. The van der Waals surface area contributed by atoms with Crippen LogP contribution in [0.1, 0.15) is 19.0 Å². The van der Waals surface area contributed by atoms with Gasteiger partial charge in [-0.25, -0.2) is 4.98 Å². The Hall–Kier alpha value is -0.610. The van der Waals surface area contributed by atoms with Crippen LogP contribution in [0.25, 0.3) is 0 Å². The zero-order valence-corrected chi connectivity index (χ0v) is 8.10. The fraction of sp³-hybridized carbons (Fsp3) is 0.625. The van der Waals surface area contributed by atoms with Crippen LogP contribution in [0, 0.1) is 5.92 Å². The average molecular weight is 185 g/mol. The van der Waals surface area contributed by atoms with Crippen LogP contribution in [0.2, 0.25) is 0 Å². The molecule has 0 saturated carbocycles. The van der Waals surface area contributed by atoms with Gasteiger partial charge in [0.1, 0.15) is 0 Å². The quantitative estimate of drug-likeness (QED) is 0.742. The summed E-state index contributed by atoms with van der Waals surface area (Å²) in [4.78, 5) is 4.17. The average Bonchev–Trinajstić information content (AvgIpc) is 2.47. The van der Waals surface area contributed by atoms with E-state index in [0.29, 0.717) is 11.0 Å². The van der Waals surface area contributed by atoms with Gasteiger partial charge >= 0.3 is 0 Å². The van der Waals surface area contributed by atoms with E-state index in [2.05, 4.69) is 11.9 Å². The number of hydrogen-bond donors (Lipinski definition) is 2. The summed E-state index contributed by atoms with van der Waals surface area (Å²) < 4.78 is 0. The largest absolute Gasteiger partial charge is 0.375 e. The molecule has 0 bridgehead atoms. The minimum Gasteiger partial charge on any atom is -0.375 e. The topological polar surface area (TPSA) is 64.9 Å². The van der Waals surface area contributed by atoms with Crippen molar-refractivity contribution >= 4 is 16.5 Å². The van der Waals surface area contributed by atoms with Crippen molar-refractivity contribution in [3.8, 4) is 0 Å². The van der Waals surface area contributed by atoms with Crippen molar-refractivity contribution < 1.29 is 0 Å². The van der Waals surface area contributed by atoms with E-state index in [4.69, 9.17) is 11.5 Å². The van der Waals surface area contributed by atoms with E-state index < -0.39 is 0 Å². The summed E-state index contributed by atoms with van der Waals surface area (Å²) in [5.74, 6) is 0.577. The van der Waals surface area contributed by atoms with Crippen LogP contribution in [0.4, 0.5) is 5.13 Å². The molecule has 68 valence electrons. The first kappa shape index (κ1) is 9.48. The fourth-order valence-corrected chi connectivity index (χ4v) is 1.55. The Labute approximate surface area is 76.8 Å². The number of nitrogen functional groups attached to an aromatic ring is 1. The monoisotopic (exact) mass is 185 g/mol. The fourth-order valence-electron chi connectivity index (χ4n) is 0.950. The van der Waals surface area contributed by atoms with Crippen LogP contribution < -0.4 is 11.5 Å². The molecule has 0 saturated heterocycles. The second kappa shape index (κ2) is 4.42. The molecule has 3 nitrogen and oxygen atoms in total. The highest BCUT2D eigenvalue weighted by atomic mass is 32.1. The maximum atomic E-state index is 5.50. The Morgan fingerprint density at radius 3 is 2.92 bits per heavy atom. The van der Waals surface area contributed by atoms with Gasteiger partial charge in [-0.2, -0.15) is 0 Å². The Kier molecular flexibility index (Phi) is 3.49. The molecule has 0 radical (unpaired) electrons. The number of thiazole rings is 1. The van der Waals surface area contributed by atoms with Crippen LogP contribution in [-0.2, 0) is 6.42 Å². The first-order chi connectivity index (χ1) is 5.72. The van der Waals surface area contributed by atoms with E-state index in [9.17, 15) is 0 Å². The van der Waals surface area contributed by atoms with Crippen molar-refractivity contribution in [3.63, 3.8) is 0 Å². The molecule has 4 N–H and O–H groups in total. The first-order valence-corrected chi connectivity index (χ1v) is 5.00. The minimum absolute atomic E-state index is 0.577. The minimum atomic E-state index is 0.577.